The maximum absolute atomic E-state index is 6.16. The highest BCUT2D eigenvalue weighted by Gasteiger charge is 2.62. The Morgan fingerprint density at radius 1 is 0.774 bits per heavy atom. The van der Waals surface area contributed by atoms with Crippen LogP contribution in [-0.2, 0) is 9.47 Å². The Hall–Kier alpha value is -0.0800. The second kappa shape index (κ2) is 8.30. The molecule has 2 heteroatoms. The first-order valence-electron chi connectivity index (χ1n) is 14.1. The van der Waals surface area contributed by atoms with Crippen LogP contribution in [0.3, 0.4) is 0 Å². The van der Waals surface area contributed by atoms with E-state index in [4.69, 9.17) is 9.47 Å². The van der Waals surface area contributed by atoms with Crippen molar-refractivity contribution in [2.75, 3.05) is 13.2 Å². The molecule has 1 saturated heterocycles. The quantitative estimate of drug-likeness (QED) is 0.442. The van der Waals surface area contributed by atoms with Gasteiger partial charge in [-0.05, 0) is 97.2 Å². The first kappa shape index (κ1) is 22.7. The van der Waals surface area contributed by atoms with Gasteiger partial charge in [0.05, 0.1) is 13.2 Å². The monoisotopic (exact) mass is 430 g/mol. The summed E-state index contributed by atoms with van der Waals surface area (Å²) in [5.74, 6) is 6.32. The van der Waals surface area contributed by atoms with Crippen molar-refractivity contribution in [3.63, 3.8) is 0 Å². The van der Waals surface area contributed by atoms with E-state index < -0.39 is 0 Å². The Labute approximate surface area is 192 Å². The topological polar surface area (TPSA) is 18.5 Å². The van der Waals surface area contributed by atoms with Gasteiger partial charge in [-0.2, -0.15) is 0 Å². The zero-order valence-corrected chi connectivity index (χ0v) is 21.3. The zero-order chi connectivity index (χ0) is 21.9. The zero-order valence-electron chi connectivity index (χ0n) is 21.3. The van der Waals surface area contributed by atoms with Gasteiger partial charge in [-0.25, -0.2) is 0 Å². The maximum Gasteiger partial charge on any atom is 0.168 e. The van der Waals surface area contributed by atoms with Gasteiger partial charge in [-0.1, -0.05) is 53.9 Å². The van der Waals surface area contributed by atoms with Crippen LogP contribution >= 0.6 is 0 Å². The van der Waals surface area contributed by atoms with E-state index in [1.807, 2.05) is 0 Å². The first-order chi connectivity index (χ1) is 14.8. The van der Waals surface area contributed by atoms with Crippen molar-refractivity contribution in [1.29, 1.82) is 0 Å². The lowest BCUT2D eigenvalue weighted by Gasteiger charge is -2.62. The molecule has 1 heterocycles. The fourth-order valence-corrected chi connectivity index (χ4v) is 9.98. The molecule has 4 aliphatic carbocycles. The molecule has 5 aliphatic rings. The molecule has 1 aliphatic heterocycles. The van der Waals surface area contributed by atoms with Crippen LogP contribution in [0, 0.1) is 52.3 Å². The predicted octanol–water partition coefficient (Wildman–Crippen LogP) is 7.85. The second-order valence-corrected chi connectivity index (χ2v) is 13.5. The summed E-state index contributed by atoms with van der Waals surface area (Å²) in [5, 5.41) is 0. The molecule has 5 fully saturated rings. The number of hydrogen-bond acceptors (Lipinski definition) is 2. The summed E-state index contributed by atoms with van der Waals surface area (Å²) < 4.78 is 12.3. The lowest BCUT2D eigenvalue weighted by Crippen LogP contribution is -2.56. The van der Waals surface area contributed by atoms with E-state index in [0.717, 1.165) is 61.1 Å². The van der Waals surface area contributed by atoms with E-state index in [0.29, 0.717) is 10.8 Å². The molecular formula is C29H50O2. The maximum atomic E-state index is 6.16. The molecule has 0 aromatic heterocycles. The van der Waals surface area contributed by atoms with E-state index in [-0.39, 0.29) is 5.79 Å². The molecule has 0 bridgehead atoms. The number of rotatable bonds is 5. The van der Waals surface area contributed by atoms with Gasteiger partial charge in [-0.15, -0.1) is 0 Å². The number of hydrogen-bond donors (Lipinski definition) is 0. The van der Waals surface area contributed by atoms with Crippen LogP contribution in [0.15, 0.2) is 0 Å². The summed E-state index contributed by atoms with van der Waals surface area (Å²) in [6, 6.07) is 0. The minimum atomic E-state index is -0.204. The smallest absolute Gasteiger partial charge is 0.168 e. The van der Waals surface area contributed by atoms with E-state index >= 15 is 0 Å². The molecule has 31 heavy (non-hydrogen) atoms. The molecule has 0 aromatic rings. The van der Waals surface area contributed by atoms with Gasteiger partial charge in [0.15, 0.2) is 5.79 Å². The molecule has 4 unspecified atom stereocenters. The molecule has 2 nitrogen and oxygen atoms in total. The van der Waals surface area contributed by atoms with Crippen LogP contribution < -0.4 is 0 Å². The van der Waals surface area contributed by atoms with Crippen LogP contribution in [0.5, 0.6) is 0 Å². The van der Waals surface area contributed by atoms with Crippen molar-refractivity contribution in [3.05, 3.63) is 0 Å². The van der Waals surface area contributed by atoms with Gasteiger partial charge in [0, 0.05) is 12.8 Å². The molecular weight excluding hydrogens is 380 g/mol. The summed E-state index contributed by atoms with van der Waals surface area (Å²) in [5.41, 5.74) is 1.15. The average Bonchev–Trinajstić information content (AvgIpc) is 3.32. The van der Waals surface area contributed by atoms with E-state index in [9.17, 15) is 0 Å². The standard InChI is InChI=1S/C29H50O2/c1-20(2)7-6-8-21(3)24-11-12-25-23-10-9-22-19-29(30-17-18-31-29)16-15-27(22,4)26(23)13-14-28(24,25)5/h20-26H,6-19H2,1-5H3/t21-,22-,23?,24?,25?,26?,27+,28-/m1/s1. The van der Waals surface area contributed by atoms with Crippen molar-refractivity contribution in [2.24, 2.45) is 52.3 Å². The van der Waals surface area contributed by atoms with E-state index in [1.165, 1.54) is 70.6 Å². The minimum Gasteiger partial charge on any atom is -0.348 e. The summed E-state index contributed by atoms with van der Waals surface area (Å²) in [6.45, 7) is 14.4. The third-order valence-corrected chi connectivity index (χ3v) is 11.7. The highest BCUT2D eigenvalue weighted by Crippen LogP contribution is 2.69. The van der Waals surface area contributed by atoms with Crippen LogP contribution in [0.4, 0.5) is 0 Å². The number of ether oxygens (including phenoxy) is 2. The first-order valence-corrected chi connectivity index (χ1v) is 14.1. The van der Waals surface area contributed by atoms with Crippen LogP contribution in [0.25, 0.3) is 0 Å². The molecule has 0 amide bonds. The Kier molecular flexibility index (Phi) is 6.08. The minimum absolute atomic E-state index is 0.204. The molecule has 5 rings (SSSR count). The fraction of sp³-hybridized carbons (Fsp3) is 1.00. The normalized spacial score (nSPS) is 47.2. The lowest BCUT2D eigenvalue weighted by molar-refractivity contribution is -0.229. The summed E-state index contributed by atoms with van der Waals surface area (Å²) in [7, 11) is 0. The van der Waals surface area contributed by atoms with Crippen molar-refractivity contribution in [3.8, 4) is 0 Å². The lowest BCUT2D eigenvalue weighted by atomic mass is 9.44. The summed E-state index contributed by atoms with van der Waals surface area (Å²) in [4.78, 5) is 0. The van der Waals surface area contributed by atoms with Gasteiger partial charge < -0.3 is 9.47 Å². The third kappa shape index (κ3) is 3.74. The van der Waals surface area contributed by atoms with Crippen molar-refractivity contribution < 1.29 is 9.47 Å². The predicted molar refractivity (Wildman–Crippen MR) is 128 cm³/mol. The Bertz CT molecular complexity index is 637. The molecule has 8 atom stereocenters. The van der Waals surface area contributed by atoms with Gasteiger partial charge in [0.1, 0.15) is 0 Å². The Morgan fingerprint density at radius 2 is 1.52 bits per heavy atom. The molecule has 178 valence electrons. The highest BCUT2D eigenvalue weighted by atomic mass is 16.7. The van der Waals surface area contributed by atoms with E-state index in [2.05, 4.69) is 34.6 Å². The molecule has 0 radical (unpaired) electrons. The largest absolute Gasteiger partial charge is 0.348 e. The van der Waals surface area contributed by atoms with Gasteiger partial charge in [-0.3, -0.25) is 0 Å². The SMILES string of the molecule is CC(C)CCC[C@@H](C)C1CCC2C3CC[C@@H]4CC5(CC[C@]4(C)C3CC[C@@]21C)OCCO5. The summed E-state index contributed by atoms with van der Waals surface area (Å²) >= 11 is 0. The van der Waals surface area contributed by atoms with Crippen molar-refractivity contribution >= 4 is 0 Å². The fourth-order valence-electron chi connectivity index (χ4n) is 9.98. The van der Waals surface area contributed by atoms with Gasteiger partial charge in [0.2, 0.25) is 0 Å². The van der Waals surface area contributed by atoms with Crippen LogP contribution in [0.2, 0.25) is 0 Å². The van der Waals surface area contributed by atoms with Crippen molar-refractivity contribution in [1.82, 2.24) is 0 Å². The van der Waals surface area contributed by atoms with Crippen molar-refractivity contribution in [2.45, 2.75) is 117 Å². The van der Waals surface area contributed by atoms with Crippen LogP contribution in [-0.4, -0.2) is 19.0 Å². The van der Waals surface area contributed by atoms with E-state index in [1.54, 1.807) is 0 Å². The molecule has 1 spiro atoms. The van der Waals surface area contributed by atoms with Gasteiger partial charge >= 0.3 is 0 Å². The average molecular weight is 431 g/mol. The molecule has 0 aromatic carbocycles. The highest BCUT2D eigenvalue weighted by molar-refractivity contribution is 5.10. The third-order valence-electron chi connectivity index (χ3n) is 11.7. The van der Waals surface area contributed by atoms with Crippen LogP contribution in [0.1, 0.15) is 112 Å². The Morgan fingerprint density at radius 3 is 2.26 bits per heavy atom. The molecule has 4 saturated carbocycles. The molecule has 0 N–H and O–H groups in total. The van der Waals surface area contributed by atoms with Gasteiger partial charge in [0.25, 0.3) is 0 Å². The Balaban J connectivity index is 1.28. The second-order valence-electron chi connectivity index (χ2n) is 13.5. The number of fused-ring (bicyclic) bond motifs is 5. The summed E-state index contributed by atoms with van der Waals surface area (Å²) in [6.07, 6.45) is 16.9.